The summed E-state index contributed by atoms with van der Waals surface area (Å²) < 4.78 is 0. The van der Waals surface area contributed by atoms with E-state index in [0.29, 0.717) is 16.3 Å². The number of fused-ring (bicyclic) bond motifs is 3. The Kier molecular flexibility index (Phi) is 5.09. The van der Waals surface area contributed by atoms with Gasteiger partial charge in [0.15, 0.2) is 0 Å². The average molecular weight is 396 g/mol. The summed E-state index contributed by atoms with van der Waals surface area (Å²) in [6.07, 6.45) is 4.42. The first kappa shape index (κ1) is 18.6. The summed E-state index contributed by atoms with van der Waals surface area (Å²) in [5, 5.41) is 4.34. The molecule has 0 spiro atoms. The first-order chi connectivity index (χ1) is 13.5. The lowest BCUT2D eigenvalue weighted by Crippen LogP contribution is -2.35. The summed E-state index contributed by atoms with van der Waals surface area (Å²) >= 11 is 6.08. The van der Waals surface area contributed by atoms with Crippen molar-refractivity contribution in [3.63, 3.8) is 0 Å². The molecule has 1 heterocycles. The van der Waals surface area contributed by atoms with Crippen LogP contribution >= 0.6 is 11.6 Å². The number of rotatable bonds is 4. The summed E-state index contributed by atoms with van der Waals surface area (Å²) in [6, 6.07) is 12.8. The quantitative estimate of drug-likeness (QED) is 0.687. The highest BCUT2D eigenvalue weighted by Crippen LogP contribution is 2.31. The molecule has 0 radical (unpaired) electrons. The van der Waals surface area contributed by atoms with Gasteiger partial charge in [0.25, 0.3) is 5.91 Å². The number of carbonyl (C=O) groups is 2. The van der Waals surface area contributed by atoms with E-state index in [1.54, 1.807) is 31.3 Å². The van der Waals surface area contributed by atoms with Crippen molar-refractivity contribution in [2.24, 2.45) is 0 Å². The Morgan fingerprint density at radius 3 is 2.71 bits per heavy atom. The number of para-hydroxylation sites is 2. The van der Waals surface area contributed by atoms with Crippen molar-refractivity contribution in [2.45, 2.75) is 25.7 Å². The van der Waals surface area contributed by atoms with Crippen molar-refractivity contribution in [3.05, 3.63) is 64.3 Å². The van der Waals surface area contributed by atoms with Crippen LogP contribution in [0.15, 0.2) is 42.5 Å². The number of nitrogens with zero attached hydrogens (tertiary/aromatic N) is 1. The Bertz CT molecular complexity index is 1060. The van der Waals surface area contributed by atoms with Gasteiger partial charge in [0.1, 0.15) is 0 Å². The van der Waals surface area contributed by atoms with Gasteiger partial charge in [-0.05, 0) is 49.4 Å². The number of carbonyl (C=O) groups excluding carboxylic acids is 2. The normalized spacial score (nSPS) is 13.2. The molecule has 5 nitrogen and oxygen atoms in total. The van der Waals surface area contributed by atoms with Crippen LogP contribution in [-0.4, -0.2) is 35.3 Å². The average Bonchev–Trinajstić information content (AvgIpc) is 3.08. The van der Waals surface area contributed by atoms with E-state index in [4.69, 9.17) is 11.6 Å². The molecule has 0 unspecified atom stereocenters. The van der Waals surface area contributed by atoms with Crippen LogP contribution in [0.1, 0.15) is 34.5 Å². The number of hydrogen-bond acceptors (Lipinski definition) is 2. The predicted molar refractivity (Wildman–Crippen MR) is 112 cm³/mol. The van der Waals surface area contributed by atoms with Gasteiger partial charge in [-0.25, -0.2) is 0 Å². The molecule has 1 aliphatic rings. The third kappa shape index (κ3) is 3.50. The van der Waals surface area contributed by atoms with E-state index >= 15 is 0 Å². The molecule has 0 saturated heterocycles. The van der Waals surface area contributed by atoms with Gasteiger partial charge < -0.3 is 15.2 Å². The maximum Gasteiger partial charge on any atom is 0.256 e. The maximum absolute atomic E-state index is 13.0. The minimum atomic E-state index is -0.290. The van der Waals surface area contributed by atoms with Crippen molar-refractivity contribution < 1.29 is 9.59 Å². The second-order valence-electron chi connectivity index (χ2n) is 7.21. The molecule has 2 amide bonds. The topological polar surface area (TPSA) is 65.2 Å². The van der Waals surface area contributed by atoms with Crippen LogP contribution < -0.4 is 5.32 Å². The number of likely N-dealkylation sites (N-methyl/N-ethyl adjacent to an activating group) is 1. The molecule has 1 aromatic heterocycles. The number of aryl methyl sites for hydroxylation is 2. The zero-order valence-electron chi connectivity index (χ0n) is 15.7. The fourth-order valence-electron chi connectivity index (χ4n) is 3.85. The summed E-state index contributed by atoms with van der Waals surface area (Å²) in [7, 11) is 1.64. The number of benzene rings is 2. The fourth-order valence-corrected chi connectivity index (χ4v) is 4.04. The lowest BCUT2D eigenvalue weighted by molar-refractivity contribution is -0.116. The highest BCUT2D eigenvalue weighted by molar-refractivity contribution is 6.33. The van der Waals surface area contributed by atoms with Crippen LogP contribution in [0, 0.1) is 0 Å². The number of aromatic nitrogens is 1. The molecule has 0 fully saturated rings. The zero-order valence-corrected chi connectivity index (χ0v) is 16.5. The van der Waals surface area contributed by atoms with Crippen LogP contribution in [0.3, 0.4) is 0 Å². The van der Waals surface area contributed by atoms with Crippen molar-refractivity contribution >= 4 is 40.0 Å². The predicted octanol–water partition coefficient (Wildman–Crippen LogP) is 4.41. The number of H-pyrrole nitrogens is 1. The number of nitrogens with one attached hydrogen (secondary N) is 2. The molecule has 144 valence electrons. The summed E-state index contributed by atoms with van der Waals surface area (Å²) in [5.74, 6) is -0.472. The number of amides is 2. The number of halogens is 1. The van der Waals surface area contributed by atoms with Gasteiger partial charge in [-0.15, -0.1) is 0 Å². The molecule has 6 heteroatoms. The van der Waals surface area contributed by atoms with Gasteiger partial charge in [0.2, 0.25) is 5.91 Å². The third-order valence-corrected chi connectivity index (χ3v) is 5.57. The molecule has 28 heavy (non-hydrogen) atoms. The van der Waals surface area contributed by atoms with E-state index in [0.717, 1.165) is 23.7 Å². The van der Waals surface area contributed by atoms with Crippen LogP contribution in [0.5, 0.6) is 0 Å². The van der Waals surface area contributed by atoms with Crippen molar-refractivity contribution in [1.82, 2.24) is 9.88 Å². The molecule has 1 aliphatic carbocycles. The van der Waals surface area contributed by atoms with Crippen LogP contribution in [0.4, 0.5) is 5.69 Å². The Hall–Kier alpha value is -2.79. The Morgan fingerprint density at radius 2 is 1.89 bits per heavy atom. The smallest absolute Gasteiger partial charge is 0.256 e. The fraction of sp³-hybridized carbons (Fsp3) is 0.273. The Labute approximate surface area is 168 Å². The SMILES string of the molecule is CN(CC(=O)Nc1ccccc1Cl)C(=O)c1cccc2c3c([nH]c12)CCCC3. The standard InChI is InChI=1S/C22H22ClN3O2/c1-26(13-20(27)24-19-12-5-3-10-17(19)23)22(28)16-9-6-8-15-14-7-2-4-11-18(14)25-21(15)16/h3,5-6,8-10,12,25H,2,4,7,11,13H2,1H3,(H,24,27). The monoisotopic (exact) mass is 395 g/mol. The molecular weight excluding hydrogens is 374 g/mol. The summed E-state index contributed by atoms with van der Waals surface area (Å²) in [4.78, 5) is 30.3. The lowest BCUT2D eigenvalue weighted by Gasteiger charge is -2.17. The maximum atomic E-state index is 13.0. The van der Waals surface area contributed by atoms with E-state index in [2.05, 4.69) is 16.4 Å². The van der Waals surface area contributed by atoms with Gasteiger partial charge in [0, 0.05) is 18.1 Å². The molecule has 2 N–H and O–H groups in total. The highest BCUT2D eigenvalue weighted by Gasteiger charge is 2.22. The largest absolute Gasteiger partial charge is 0.358 e. The summed E-state index contributed by atoms with van der Waals surface area (Å²) in [5.41, 5.74) is 4.57. The number of aromatic amines is 1. The number of anilines is 1. The first-order valence-electron chi connectivity index (χ1n) is 9.47. The molecule has 0 bridgehead atoms. The molecule has 2 aromatic carbocycles. The van der Waals surface area contributed by atoms with E-state index < -0.39 is 0 Å². The Balaban J connectivity index is 1.53. The van der Waals surface area contributed by atoms with Gasteiger partial charge >= 0.3 is 0 Å². The third-order valence-electron chi connectivity index (χ3n) is 5.24. The molecular formula is C22H22ClN3O2. The van der Waals surface area contributed by atoms with E-state index in [-0.39, 0.29) is 18.4 Å². The van der Waals surface area contributed by atoms with E-state index in [9.17, 15) is 9.59 Å². The minimum Gasteiger partial charge on any atom is -0.358 e. The minimum absolute atomic E-state index is 0.0547. The zero-order chi connectivity index (χ0) is 19.7. The lowest BCUT2D eigenvalue weighted by atomic mass is 9.95. The molecule has 0 saturated carbocycles. The van der Waals surface area contributed by atoms with Gasteiger partial charge in [-0.3, -0.25) is 9.59 Å². The first-order valence-corrected chi connectivity index (χ1v) is 9.84. The van der Waals surface area contributed by atoms with E-state index in [1.807, 2.05) is 12.1 Å². The molecule has 0 atom stereocenters. The Morgan fingerprint density at radius 1 is 1.11 bits per heavy atom. The molecule has 3 aromatic rings. The van der Waals surface area contributed by atoms with Crippen molar-refractivity contribution in [3.8, 4) is 0 Å². The summed E-state index contributed by atoms with van der Waals surface area (Å²) in [6.45, 7) is -0.0547. The van der Waals surface area contributed by atoms with Gasteiger partial charge in [-0.2, -0.15) is 0 Å². The van der Waals surface area contributed by atoms with E-state index in [1.165, 1.54) is 29.0 Å². The van der Waals surface area contributed by atoms with Crippen molar-refractivity contribution in [1.29, 1.82) is 0 Å². The van der Waals surface area contributed by atoms with Crippen LogP contribution in [0.25, 0.3) is 10.9 Å². The number of hydrogen-bond donors (Lipinski definition) is 2. The van der Waals surface area contributed by atoms with Crippen LogP contribution in [0.2, 0.25) is 5.02 Å². The second-order valence-corrected chi connectivity index (χ2v) is 7.61. The van der Waals surface area contributed by atoms with Crippen molar-refractivity contribution in [2.75, 3.05) is 18.9 Å². The highest BCUT2D eigenvalue weighted by atomic mass is 35.5. The second kappa shape index (κ2) is 7.68. The molecule has 0 aliphatic heterocycles. The van der Waals surface area contributed by atoms with Gasteiger partial charge in [0.05, 0.1) is 28.3 Å². The molecule has 4 rings (SSSR count). The van der Waals surface area contributed by atoms with Crippen LogP contribution in [-0.2, 0) is 17.6 Å². The van der Waals surface area contributed by atoms with Gasteiger partial charge in [-0.1, -0.05) is 35.9 Å².